The number of fused-ring (bicyclic) bond motifs is 1. The van der Waals surface area contributed by atoms with Gasteiger partial charge in [0.05, 0.1) is 15.9 Å². The highest BCUT2D eigenvalue weighted by Gasteiger charge is 2.27. The molecule has 3 aromatic rings. The first-order valence-electron chi connectivity index (χ1n) is 12.5. The Morgan fingerprint density at radius 1 is 1.06 bits per heavy atom. The van der Waals surface area contributed by atoms with E-state index in [2.05, 4.69) is 22.1 Å². The highest BCUT2D eigenvalue weighted by atomic mass is 32.2. The number of imidazole rings is 1. The maximum Gasteiger partial charge on any atom is 0.243 e. The highest BCUT2D eigenvalue weighted by Crippen LogP contribution is 2.25. The third kappa shape index (κ3) is 6.21. The highest BCUT2D eigenvalue weighted by molar-refractivity contribution is 7.89. The lowest BCUT2D eigenvalue weighted by molar-refractivity contribution is -0.121. The second kappa shape index (κ2) is 11.7. The van der Waals surface area contributed by atoms with Gasteiger partial charge >= 0.3 is 0 Å². The topological polar surface area (TPSA) is 96.3 Å². The Kier molecular flexibility index (Phi) is 8.41. The molecule has 1 aliphatic heterocycles. The van der Waals surface area contributed by atoms with Crippen LogP contribution in [0.2, 0.25) is 0 Å². The summed E-state index contributed by atoms with van der Waals surface area (Å²) in [6, 6.07) is 15.2. The van der Waals surface area contributed by atoms with Crippen LogP contribution in [-0.4, -0.2) is 54.4 Å². The molecule has 1 saturated heterocycles. The van der Waals surface area contributed by atoms with Gasteiger partial charge in [-0.2, -0.15) is 4.31 Å². The van der Waals surface area contributed by atoms with E-state index in [4.69, 9.17) is 4.98 Å². The third-order valence-corrected chi connectivity index (χ3v) is 8.20. The van der Waals surface area contributed by atoms with Crippen molar-refractivity contribution >= 4 is 32.7 Å². The van der Waals surface area contributed by atoms with Gasteiger partial charge in [-0.3, -0.25) is 4.79 Å². The van der Waals surface area contributed by atoms with Crippen molar-refractivity contribution in [2.75, 3.05) is 31.5 Å². The molecule has 4 rings (SSSR count). The van der Waals surface area contributed by atoms with Gasteiger partial charge in [0.25, 0.3) is 0 Å². The molecule has 1 aromatic heterocycles. The van der Waals surface area contributed by atoms with E-state index in [1.165, 1.54) is 0 Å². The fraction of sp³-hybridized carbons (Fsp3) is 0.462. The summed E-state index contributed by atoms with van der Waals surface area (Å²) in [5.74, 6) is 0.815. The van der Waals surface area contributed by atoms with E-state index in [0.29, 0.717) is 42.9 Å². The van der Waals surface area contributed by atoms with Gasteiger partial charge in [0.2, 0.25) is 15.9 Å². The molecule has 1 aliphatic rings. The molecule has 0 bridgehead atoms. The second-order valence-electron chi connectivity index (χ2n) is 8.94. The molecule has 9 heteroatoms. The molecular formula is C26H35N5O3S. The van der Waals surface area contributed by atoms with Gasteiger partial charge in [0.15, 0.2) is 0 Å². The largest absolute Gasteiger partial charge is 0.385 e. The number of rotatable bonds is 12. The Morgan fingerprint density at radius 2 is 1.83 bits per heavy atom. The minimum atomic E-state index is -3.49. The van der Waals surface area contributed by atoms with Gasteiger partial charge in [-0.15, -0.1) is 0 Å². The summed E-state index contributed by atoms with van der Waals surface area (Å²) in [5.41, 5.74) is 2.65. The van der Waals surface area contributed by atoms with Crippen molar-refractivity contribution in [1.82, 2.24) is 19.2 Å². The lowest BCUT2D eigenvalue weighted by Gasteiger charge is -2.15. The van der Waals surface area contributed by atoms with Crippen LogP contribution in [0.3, 0.4) is 0 Å². The molecule has 1 fully saturated rings. The molecule has 2 heterocycles. The molecule has 35 heavy (non-hydrogen) atoms. The quantitative estimate of drug-likeness (QED) is 0.371. The average molecular weight is 498 g/mol. The summed E-state index contributed by atoms with van der Waals surface area (Å²) in [5, 5.41) is 6.32. The summed E-state index contributed by atoms with van der Waals surface area (Å²) < 4.78 is 29.6. The molecule has 188 valence electrons. The fourth-order valence-corrected chi connectivity index (χ4v) is 6.02. The molecular weight excluding hydrogens is 462 g/mol. The van der Waals surface area contributed by atoms with Crippen LogP contribution in [0.15, 0.2) is 53.4 Å². The Bertz CT molecular complexity index is 1230. The molecule has 2 aromatic carbocycles. The number of hydrogen-bond acceptors (Lipinski definition) is 5. The monoisotopic (exact) mass is 497 g/mol. The van der Waals surface area contributed by atoms with E-state index in [9.17, 15) is 13.2 Å². The van der Waals surface area contributed by atoms with Crippen LogP contribution in [0.4, 0.5) is 5.69 Å². The molecule has 2 N–H and O–H groups in total. The van der Waals surface area contributed by atoms with E-state index in [1.807, 2.05) is 36.4 Å². The van der Waals surface area contributed by atoms with Crippen LogP contribution in [0, 0.1) is 0 Å². The Labute approximate surface area is 207 Å². The first kappa shape index (κ1) is 25.2. The van der Waals surface area contributed by atoms with Crippen molar-refractivity contribution < 1.29 is 13.2 Å². The first-order valence-corrected chi connectivity index (χ1v) is 14.0. The van der Waals surface area contributed by atoms with Crippen molar-refractivity contribution in [3.63, 3.8) is 0 Å². The fourth-order valence-electron chi connectivity index (χ4n) is 4.48. The number of carbonyl (C=O) groups excluding carboxylic acids is 1. The van der Waals surface area contributed by atoms with Gasteiger partial charge in [-0.1, -0.05) is 25.1 Å². The zero-order valence-corrected chi connectivity index (χ0v) is 21.2. The number of para-hydroxylation sites is 1. The van der Waals surface area contributed by atoms with Crippen molar-refractivity contribution in [1.29, 1.82) is 0 Å². The minimum Gasteiger partial charge on any atom is -0.385 e. The van der Waals surface area contributed by atoms with Crippen molar-refractivity contribution in [3.05, 3.63) is 54.4 Å². The molecule has 0 unspecified atom stereocenters. The Hall–Kier alpha value is -2.91. The number of hydrogen-bond donors (Lipinski definition) is 2. The van der Waals surface area contributed by atoms with E-state index >= 15 is 0 Å². The first-order chi connectivity index (χ1) is 17.0. The molecule has 0 radical (unpaired) electrons. The summed E-state index contributed by atoms with van der Waals surface area (Å²) >= 11 is 0. The lowest BCUT2D eigenvalue weighted by atomic mass is 10.2. The molecule has 1 amide bonds. The predicted molar refractivity (Wildman–Crippen MR) is 139 cm³/mol. The SMILES string of the molecule is CCCn1c(CCC(=O)NCCCNc2ccccc2)nc2cc(S(=O)(=O)N3CCCC3)ccc21. The van der Waals surface area contributed by atoms with Crippen LogP contribution >= 0.6 is 0 Å². The standard InChI is InChI=1S/C26H35N5O3S/c1-2-17-31-24-12-11-22(35(33,34)30-18-6-7-19-30)20-23(24)29-25(31)13-14-26(32)28-16-8-15-27-21-9-4-3-5-10-21/h3-5,9-12,20,27H,2,6-8,13-19H2,1H3,(H,28,32). The van der Waals surface area contributed by atoms with Crippen molar-refractivity contribution in [3.8, 4) is 0 Å². The van der Waals surface area contributed by atoms with Crippen molar-refractivity contribution in [2.24, 2.45) is 0 Å². The maximum atomic E-state index is 13.0. The smallest absolute Gasteiger partial charge is 0.243 e. The Morgan fingerprint density at radius 3 is 2.57 bits per heavy atom. The number of sulfonamides is 1. The summed E-state index contributed by atoms with van der Waals surface area (Å²) in [7, 11) is -3.49. The summed E-state index contributed by atoms with van der Waals surface area (Å²) in [6.45, 7) is 5.43. The van der Waals surface area contributed by atoms with E-state index in [0.717, 1.165) is 55.8 Å². The Balaban J connectivity index is 1.35. The number of nitrogens with zero attached hydrogens (tertiary/aromatic N) is 3. The second-order valence-corrected chi connectivity index (χ2v) is 10.9. The maximum absolute atomic E-state index is 13.0. The van der Waals surface area contributed by atoms with Crippen LogP contribution < -0.4 is 10.6 Å². The number of amides is 1. The molecule has 0 spiro atoms. The number of nitrogens with one attached hydrogen (secondary N) is 2. The molecule has 8 nitrogen and oxygen atoms in total. The van der Waals surface area contributed by atoms with Crippen LogP contribution in [0.5, 0.6) is 0 Å². The van der Waals surface area contributed by atoms with Gasteiger partial charge in [-0.05, 0) is 56.0 Å². The normalized spacial score (nSPS) is 14.4. The lowest BCUT2D eigenvalue weighted by Crippen LogP contribution is -2.27. The van der Waals surface area contributed by atoms with Crippen LogP contribution in [0.1, 0.15) is 44.9 Å². The minimum absolute atomic E-state index is 0.00267. The van der Waals surface area contributed by atoms with E-state index in [-0.39, 0.29) is 5.91 Å². The number of anilines is 1. The number of aromatic nitrogens is 2. The van der Waals surface area contributed by atoms with Gasteiger partial charge in [0, 0.05) is 51.3 Å². The zero-order chi connectivity index (χ0) is 24.7. The predicted octanol–water partition coefficient (Wildman–Crippen LogP) is 3.78. The molecule has 0 atom stereocenters. The molecule has 0 saturated carbocycles. The van der Waals surface area contributed by atoms with Gasteiger partial charge in [-0.25, -0.2) is 13.4 Å². The summed E-state index contributed by atoms with van der Waals surface area (Å²) in [4.78, 5) is 17.4. The van der Waals surface area contributed by atoms with Crippen LogP contribution in [0.25, 0.3) is 11.0 Å². The van der Waals surface area contributed by atoms with Gasteiger partial charge in [0.1, 0.15) is 5.82 Å². The summed E-state index contributed by atoms with van der Waals surface area (Å²) in [6.07, 6.45) is 4.43. The number of carbonyl (C=O) groups is 1. The molecule has 0 aliphatic carbocycles. The average Bonchev–Trinajstić information content (AvgIpc) is 3.52. The van der Waals surface area contributed by atoms with Crippen LogP contribution in [-0.2, 0) is 27.8 Å². The zero-order valence-electron chi connectivity index (χ0n) is 20.4. The van der Waals surface area contributed by atoms with E-state index < -0.39 is 10.0 Å². The number of benzene rings is 2. The van der Waals surface area contributed by atoms with Crippen molar-refractivity contribution in [2.45, 2.75) is 56.9 Å². The van der Waals surface area contributed by atoms with Gasteiger partial charge < -0.3 is 15.2 Å². The van der Waals surface area contributed by atoms with E-state index in [1.54, 1.807) is 16.4 Å². The third-order valence-electron chi connectivity index (χ3n) is 6.30. The number of aryl methyl sites for hydroxylation is 2.